The highest BCUT2D eigenvalue weighted by molar-refractivity contribution is 7.07. The number of amides is 3. The monoisotopic (exact) mass is 568 g/mol. The van der Waals surface area contributed by atoms with E-state index in [1.165, 1.54) is 22.7 Å². The fourth-order valence-corrected chi connectivity index (χ4v) is 5.56. The van der Waals surface area contributed by atoms with Crippen LogP contribution in [0.3, 0.4) is 0 Å². The van der Waals surface area contributed by atoms with Gasteiger partial charge in [0, 0.05) is 25.9 Å². The number of aromatic nitrogens is 1. The predicted octanol–water partition coefficient (Wildman–Crippen LogP) is 3.26. The smallest absolute Gasteiger partial charge is 0.408 e. The van der Waals surface area contributed by atoms with E-state index < -0.39 is 47.3 Å². The molecule has 0 saturated heterocycles. The molecule has 0 radical (unpaired) electrons. The maximum absolute atomic E-state index is 13.6. The van der Waals surface area contributed by atoms with Crippen molar-refractivity contribution in [2.45, 2.75) is 115 Å². The van der Waals surface area contributed by atoms with Gasteiger partial charge in [-0.05, 0) is 53.4 Å². The average molecular weight is 569 g/mol. The minimum absolute atomic E-state index is 0.0194. The highest BCUT2D eigenvalue weighted by atomic mass is 32.1. The number of carbonyl (C=O) groups excluding carboxylic acids is 3. The summed E-state index contributed by atoms with van der Waals surface area (Å²) in [6.45, 7) is 8.33. The molecule has 0 aromatic carbocycles. The minimum Gasteiger partial charge on any atom is -0.444 e. The maximum Gasteiger partial charge on any atom is 0.408 e. The fraction of sp³-hybridized carbons (Fsp3) is 0.786. The van der Waals surface area contributed by atoms with Gasteiger partial charge in [0.05, 0.1) is 34.9 Å². The molecule has 1 fully saturated rings. The highest BCUT2D eigenvalue weighted by Gasteiger charge is 2.39. The van der Waals surface area contributed by atoms with Crippen molar-refractivity contribution in [3.8, 4) is 0 Å². The van der Waals surface area contributed by atoms with Crippen LogP contribution in [0.25, 0.3) is 0 Å². The van der Waals surface area contributed by atoms with Crippen molar-refractivity contribution in [1.29, 1.82) is 0 Å². The summed E-state index contributed by atoms with van der Waals surface area (Å²) in [5.74, 6) is -1.30. The molecule has 1 aliphatic carbocycles. The molecule has 0 aliphatic heterocycles. The molecule has 1 aromatic heterocycles. The molecule has 11 heteroatoms. The van der Waals surface area contributed by atoms with Gasteiger partial charge in [-0.2, -0.15) is 0 Å². The lowest BCUT2D eigenvalue weighted by Gasteiger charge is -2.36. The summed E-state index contributed by atoms with van der Waals surface area (Å²) in [6.07, 6.45) is 4.24. The van der Waals surface area contributed by atoms with Gasteiger partial charge in [0.15, 0.2) is 0 Å². The van der Waals surface area contributed by atoms with Crippen molar-refractivity contribution < 1.29 is 29.3 Å². The van der Waals surface area contributed by atoms with Crippen LogP contribution in [-0.2, 0) is 20.7 Å². The van der Waals surface area contributed by atoms with Gasteiger partial charge in [-0.25, -0.2) is 9.78 Å². The summed E-state index contributed by atoms with van der Waals surface area (Å²) in [5.41, 5.74) is 0.203. The Morgan fingerprint density at radius 3 is 2.28 bits per heavy atom. The molecule has 4 N–H and O–H groups in total. The second-order valence-corrected chi connectivity index (χ2v) is 13.2. The number of carbonyl (C=O) groups is 3. The van der Waals surface area contributed by atoms with Crippen molar-refractivity contribution >= 4 is 29.2 Å². The van der Waals surface area contributed by atoms with Gasteiger partial charge in [0.25, 0.3) is 0 Å². The number of ether oxygens (including phenoxy) is 1. The van der Waals surface area contributed by atoms with Crippen molar-refractivity contribution in [3.63, 3.8) is 0 Å². The fourth-order valence-electron chi connectivity index (χ4n) is 4.99. The van der Waals surface area contributed by atoms with Crippen LogP contribution in [0.4, 0.5) is 4.79 Å². The summed E-state index contributed by atoms with van der Waals surface area (Å²) in [5, 5.41) is 29.6. The summed E-state index contributed by atoms with van der Waals surface area (Å²) in [4.78, 5) is 44.7. The summed E-state index contributed by atoms with van der Waals surface area (Å²) < 4.78 is 5.38. The Hall–Kier alpha value is -2.24. The van der Waals surface area contributed by atoms with Crippen LogP contribution in [0.1, 0.15) is 85.3 Å². The quantitative estimate of drug-likeness (QED) is 0.303. The SMILES string of the molecule is CN(C)C(=O)[C@@H](C[C@H](O)[C@H](CC1CCCCC1)NC(=O)[C@H](Cc1cscn1)NC(=O)OC(C)(C)C)C(C)(C)O. The number of nitrogens with zero attached hydrogens (tertiary/aromatic N) is 2. The first-order valence-electron chi connectivity index (χ1n) is 13.9. The van der Waals surface area contributed by atoms with Crippen LogP contribution >= 0.6 is 11.3 Å². The topological polar surface area (TPSA) is 141 Å². The molecular weight excluding hydrogens is 520 g/mol. The lowest BCUT2D eigenvalue weighted by molar-refractivity contribution is -0.143. The van der Waals surface area contributed by atoms with Gasteiger partial charge in [0.2, 0.25) is 11.8 Å². The van der Waals surface area contributed by atoms with E-state index in [2.05, 4.69) is 15.6 Å². The van der Waals surface area contributed by atoms with E-state index in [4.69, 9.17) is 4.74 Å². The molecular formula is C28H48N4O6S. The lowest BCUT2D eigenvalue weighted by Crippen LogP contribution is -2.55. The molecule has 1 heterocycles. The molecule has 222 valence electrons. The van der Waals surface area contributed by atoms with Crippen LogP contribution in [-0.4, -0.2) is 81.5 Å². The Labute approximate surface area is 236 Å². The Bertz CT molecular complexity index is 919. The number of alkyl carbamates (subject to hydrolysis) is 1. The maximum atomic E-state index is 13.6. The van der Waals surface area contributed by atoms with E-state index in [1.807, 2.05) is 5.38 Å². The summed E-state index contributed by atoms with van der Waals surface area (Å²) in [7, 11) is 3.22. The molecule has 4 atom stereocenters. The molecule has 2 rings (SSSR count). The molecule has 39 heavy (non-hydrogen) atoms. The molecule has 10 nitrogen and oxygen atoms in total. The highest BCUT2D eigenvalue weighted by Crippen LogP contribution is 2.31. The predicted molar refractivity (Wildman–Crippen MR) is 151 cm³/mol. The van der Waals surface area contributed by atoms with Crippen LogP contribution in [0.15, 0.2) is 10.9 Å². The molecule has 0 unspecified atom stereocenters. The number of aliphatic hydroxyl groups is 2. The van der Waals surface area contributed by atoms with Crippen LogP contribution in [0, 0.1) is 11.8 Å². The normalized spacial score (nSPS) is 18.0. The van der Waals surface area contributed by atoms with Gasteiger partial charge >= 0.3 is 6.09 Å². The molecule has 0 bridgehead atoms. The van der Waals surface area contributed by atoms with Gasteiger partial charge in [-0.15, -0.1) is 11.3 Å². The molecule has 3 amide bonds. The van der Waals surface area contributed by atoms with E-state index >= 15 is 0 Å². The number of thiazole rings is 1. The zero-order valence-corrected chi connectivity index (χ0v) is 25.3. The number of rotatable bonds is 12. The third-order valence-corrected chi connectivity index (χ3v) is 7.71. The van der Waals surface area contributed by atoms with Gasteiger partial charge in [0.1, 0.15) is 11.6 Å². The second-order valence-electron chi connectivity index (χ2n) is 12.5. The molecule has 1 aliphatic rings. The molecule has 0 spiro atoms. The Kier molecular flexibility index (Phi) is 12.2. The number of hydrogen-bond donors (Lipinski definition) is 4. The summed E-state index contributed by atoms with van der Waals surface area (Å²) in [6, 6.07) is -1.64. The van der Waals surface area contributed by atoms with E-state index in [0.717, 1.165) is 25.7 Å². The minimum atomic E-state index is -1.37. The first kappa shape index (κ1) is 33.0. The molecule has 1 saturated carbocycles. The third kappa shape index (κ3) is 11.4. The van der Waals surface area contributed by atoms with Crippen LogP contribution < -0.4 is 10.6 Å². The standard InChI is InChI=1S/C28H48N4O6S/c1-27(2,3)38-26(36)31-22(14-19-16-39-17-29-19)24(34)30-21(13-18-11-9-8-10-12-18)23(33)15-20(28(4,5)37)25(35)32(6)7/h16-18,20-23,33,37H,8-15H2,1-7H3,(H,30,34)(H,31,36)/t20-,21+,22+,23+/m1/s1. The Morgan fingerprint density at radius 2 is 1.77 bits per heavy atom. The van der Waals surface area contributed by atoms with Gasteiger partial charge < -0.3 is 30.5 Å². The number of hydrogen-bond acceptors (Lipinski definition) is 8. The Balaban J connectivity index is 2.27. The van der Waals surface area contributed by atoms with E-state index in [1.54, 1.807) is 54.2 Å². The van der Waals surface area contributed by atoms with Gasteiger partial charge in [-0.1, -0.05) is 32.1 Å². The van der Waals surface area contributed by atoms with E-state index in [-0.39, 0.29) is 18.7 Å². The van der Waals surface area contributed by atoms with Crippen molar-refractivity contribution in [2.75, 3.05) is 14.1 Å². The first-order valence-corrected chi connectivity index (χ1v) is 14.8. The van der Waals surface area contributed by atoms with Crippen molar-refractivity contribution in [1.82, 2.24) is 20.5 Å². The third-order valence-electron chi connectivity index (χ3n) is 7.08. The van der Waals surface area contributed by atoms with E-state index in [9.17, 15) is 24.6 Å². The van der Waals surface area contributed by atoms with Crippen LogP contribution in [0.2, 0.25) is 0 Å². The average Bonchev–Trinajstić information content (AvgIpc) is 3.33. The van der Waals surface area contributed by atoms with Crippen LogP contribution in [0.5, 0.6) is 0 Å². The van der Waals surface area contributed by atoms with Gasteiger partial charge in [-0.3, -0.25) is 9.59 Å². The Morgan fingerprint density at radius 1 is 1.13 bits per heavy atom. The second kappa shape index (κ2) is 14.4. The summed E-state index contributed by atoms with van der Waals surface area (Å²) >= 11 is 1.39. The molecule has 1 aromatic rings. The van der Waals surface area contributed by atoms with Crippen molar-refractivity contribution in [3.05, 3.63) is 16.6 Å². The van der Waals surface area contributed by atoms with E-state index in [0.29, 0.717) is 18.0 Å². The lowest BCUT2D eigenvalue weighted by atomic mass is 9.79. The number of aliphatic hydroxyl groups excluding tert-OH is 1. The zero-order chi connectivity index (χ0) is 29.4. The number of nitrogens with one attached hydrogen (secondary N) is 2. The first-order chi connectivity index (χ1) is 18.1. The van der Waals surface area contributed by atoms with Crippen molar-refractivity contribution in [2.24, 2.45) is 11.8 Å². The largest absolute Gasteiger partial charge is 0.444 e. The zero-order valence-electron chi connectivity index (χ0n) is 24.5.